The van der Waals surface area contributed by atoms with E-state index in [0.717, 1.165) is 11.1 Å². The van der Waals surface area contributed by atoms with Gasteiger partial charge in [0.05, 0.1) is 23.3 Å². The van der Waals surface area contributed by atoms with Crippen molar-refractivity contribution in [3.63, 3.8) is 0 Å². The molecule has 160 valence electrons. The minimum atomic E-state index is -0.706. The molecule has 0 aromatic heterocycles. The van der Waals surface area contributed by atoms with Crippen molar-refractivity contribution >= 4 is 17.7 Å². The monoisotopic (exact) mass is 426 g/mol. The molecule has 2 unspecified atom stereocenters. The lowest BCUT2D eigenvalue weighted by molar-refractivity contribution is 0.0561. The molecule has 0 aliphatic carbocycles. The lowest BCUT2D eigenvalue weighted by atomic mass is 9.98. The molecule has 2 atom stereocenters. The SMILES string of the molecule is O=C1c2ccccc2C(=O)N1CC1CC(O)CN1C(=O)c1ccccc1-c1ccccc1. The molecule has 3 amide bonds. The van der Waals surface area contributed by atoms with E-state index in [9.17, 15) is 19.5 Å². The second-order valence-electron chi connectivity index (χ2n) is 8.18. The Kier molecular flexibility index (Phi) is 5.07. The van der Waals surface area contributed by atoms with Crippen LogP contribution in [0, 0.1) is 0 Å². The second kappa shape index (κ2) is 8.05. The summed E-state index contributed by atoms with van der Waals surface area (Å²) in [5.74, 6) is -0.934. The van der Waals surface area contributed by atoms with Crippen LogP contribution in [-0.2, 0) is 0 Å². The summed E-state index contributed by atoms with van der Waals surface area (Å²) in [6.45, 7) is 0.221. The molecule has 0 spiro atoms. The third-order valence-corrected chi connectivity index (χ3v) is 6.17. The number of amides is 3. The number of fused-ring (bicyclic) bond motifs is 1. The van der Waals surface area contributed by atoms with E-state index < -0.39 is 12.1 Å². The van der Waals surface area contributed by atoms with Crippen LogP contribution in [-0.4, -0.2) is 57.9 Å². The summed E-state index contributed by atoms with van der Waals surface area (Å²) in [5, 5.41) is 10.3. The summed E-state index contributed by atoms with van der Waals surface area (Å²) in [6, 6.07) is 23.3. The fourth-order valence-corrected chi connectivity index (χ4v) is 4.62. The fourth-order valence-electron chi connectivity index (χ4n) is 4.62. The number of benzene rings is 3. The second-order valence-corrected chi connectivity index (χ2v) is 8.18. The molecule has 3 aromatic rings. The van der Waals surface area contributed by atoms with Crippen molar-refractivity contribution < 1.29 is 19.5 Å². The molecule has 1 fully saturated rings. The van der Waals surface area contributed by atoms with E-state index in [0.29, 0.717) is 23.1 Å². The van der Waals surface area contributed by atoms with Crippen molar-refractivity contribution in [2.45, 2.75) is 18.6 Å². The Bertz CT molecular complexity index is 1170. The zero-order valence-corrected chi connectivity index (χ0v) is 17.3. The molecule has 0 saturated carbocycles. The Hall–Kier alpha value is -3.77. The molecule has 2 aliphatic rings. The molecule has 6 heteroatoms. The van der Waals surface area contributed by atoms with Gasteiger partial charge in [-0.3, -0.25) is 19.3 Å². The molecule has 1 saturated heterocycles. The van der Waals surface area contributed by atoms with Crippen LogP contribution < -0.4 is 0 Å². The van der Waals surface area contributed by atoms with E-state index >= 15 is 0 Å². The molecular formula is C26H22N2O4. The van der Waals surface area contributed by atoms with E-state index in [1.165, 1.54) is 4.90 Å². The van der Waals surface area contributed by atoms with Crippen LogP contribution in [0.15, 0.2) is 78.9 Å². The van der Waals surface area contributed by atoms with Crippen molar-refractivity contribution in [3.8, 4) is 11.1 Å². The highest BCUT2D eigenvalue weighted by atomic mass is 16.3. The zero-order chi connectivity index (χ0) is 22.2. The first-order valence-corrected chi connectivity index (χ1v) is 10.6. The first kappa shape index (κ1) is 20.2. The molecule has 6 nitrogen and oxygen atoms in total. The summed E-state index contributed by atoms with van der Waals surface area (Å²) < 4.78 is 0. The van der Waals surface area contributed by atoms with E-state index in [4.69, 9.17) is 0 Å². The zero-order valence-electron chi connectivity index (χ0n) is 17.3. The van der Waals surface area contributed by atoms with Gasteiger partial charge in [-0.2, -0.15) is 0 Å². The molecule has 1 N–H and O–H groups in total. The predicted octanol–water partition coefficient (Wildman–Crippen LogP) is 3.23. The molecule has 0 bridgehead atoms. The van der Waals surface area contributed by atoms with Crippen molar-refractivity contribution in [2.24, 2.45) is 0 Å². The third-order valence-electron chi connectivity index (χ3n) is 6.17. The van der Waals surface area contributed by atoms with Gasteiger partial charge in [0, 0.05) is 18.7 Å². The molecular weight excluding hydrogens is 404 g/mol. The Balaban J connectivity index is 1.43. The molecule has 3 aromatic carbocycles. The molecule has 0 radical (unpaired) electrons. The Morgan fingerprint density at radius 2 is 1.38 bits per heavy atom. The van der Waals surface area contributed by atoms with Gasteiger partial charge in [0.15, 0.2) is 0 Å². The Morgan fingerprint density at radius 1 is 0.812 bits per heavy atom. The van der Waals surface area contributed by atoms with Gasteiger partial charge in [-0.05, 0) is 35.7 Å². The van der Waals surface area contributed by atoms with Gasteiger partial charge in [0.25, 0.3) is 17.7 Å². The fraction of sp³-hybridized carbons (Fsp3) is 0.192. The van der Waals surface area contributed by atoms with Crippen LogP contribution in [0.5, 0.6) is 0 Å². The smallest absolute Gasteiger partial charge is 0.261 e. The minimum absolute atomic E-state index is 0.0582. The van der Waals surface area contributed by atoms with Gasteiger partial charge in [-0.25, -0.2) is 0 Å². The maximum absolute atomic E-state index is 13.6. The van der Waals surface area contributed by atoms with Crippen LogP contribution in [0.25, 0.3) is 11.1 Å². The van der Waals surface area contributed by atoms with Crippen molar-refractivity contribution in [1.82, 2.24) is 9.80 Å². The number of imide groups is 1. The van der Waals surface area contributed by atoms with E-state index in [-0.39, 0.29) is 30.8 Å². The van der Waals surface area contributed by atoms with Crippen LogP contribution in [0.3, 0.4) is 0 Å². The maximum atomic E-state index is 13.6. The molecule has 32 heavy (non-hydrogen) atoms. The lowest BCUT2D eigenvalue weighted by Crippen LogP contribution is -2.45. The van der Waals surface area contributed by atoms with Crippen molar-refractivity contribution in [1.29, 1.82) is 0 Å². The number of aliphatic hydroxyl groups excluding tert-OH is 1. The number of rotatable bonds is 4. The van der Waals surface area contributed by atoms with E-state index in [1.54, 1.807) is 35.2 Å². The number of hydrogen-bond donors (Lipinski definition) is 1. The average Bonchev–Trinajstić information content (AvgIpc) is 3.32. The maximum Gasteiger partial charge on any atom is 0.261 e. The highest BCUT2D eigenvalue weighted by Crippen LogP contribution is 2.30. The summed E-state index contributed by atoms with van der Waals surface area (Å²) in [6.07, 6.45) is -0.393. The lowest BCUT2D eigenvalue weighted by Gasteiger charge is -2.28. The Labute approximate surface area is 185 Å². The van der Waals surface area contributed by atoms with Crippen molar-refractivity contribution in [3.05, 3.63) is 95.6 Å². The summed E-state index contributed by atoms with van der Waals surface area (Å²) in [4.78, 5) is 42.0. The van der Waals surface area contributed by atoms with Crippen LogP contribution in [0.1, 0.15) is 37.5 Å². The predicted molar refractivity (Wildman–Crippen MR) is 119 cm³/mol. The summed E-state index contributed by atoms with van der Waals surface area (Å²) >= 11 is 0. The van der Waals surface area contributed by atoms with Gasteiger partial charge in [0.2, 0.25) is 0 Å². The number of carbonyl (C=O) groups is 3. The first-order chi connectivity index (χ1) is 15.5. The number of β-amino-alcohol motifs (C(OH)–C–C–N with tert-alkyl or cyclic N) is 1. The van der Waals surface area contributed by atoms with Crippen LogP contribution in [0.4, 0.5) is 0 Å². The molecule has 2 heterocycles. The molecule has 2 aliphatic heterocycles. The van der Waals surface area contributed by atoms with Crippen LogP contribution in [0.2, 0.25) is 0 Å². The summed E-state index contributed by atoms with van der Waals surface area (Å²) in [5.41, 5.74) is 3.01. The molecule has 5 rings (SSSR count). The Morgan fingerprint density at radius 3 is 2.03 bits per heavy atom. The number of aliphatic hydroxyl groups is 1. The van der Waals surface area contributed by atoms with Gasteiger partial charge in [-0.15, -0.1) is 0 Å². The topological polar surface area (TPSA) is 77.9 Å². The van der Waals surface area contributed by atoms with E-state index in [2.05, 4.69) is 0 Å². The average molecular weight is 426 g/mol. The van der Waals surface area contributed by atoms with Gasteiger partial charge < -0.3 is 10.0 Å². The van der Waals surface area contributed by atoms with Gasteiger partial charge in [-0.1, -0.05) is 60.7 Å². The largest absolute Gasteiger partial charge is 0.391 e. The number of nitrogens with zero attached hydrogens (tertiary/aromatic N) is 2. The summed E-state index contributed by atoms with van der Waals surface area (Å²) in [7, 11) is 0. The van der Waals surface area contributed by atoms with Gasteiger partial charge in [0.1, 0.15) is 0 Å². The number of likely N-dealkylation sites (tertiary alicyclic amines) is 1. The van der Waals surface area contributed by atoms with Gasteiger partial charge >= 0.3 is 0 Å². The van der Waals surface area contributed by atoms with Crippen molar-refractivity contribution in [2.75, 3.05) is 13.1 Å². The standard InChI is InChI=1S/C26H22N2O4/c29-19-14-18(15-28-25(31)22-12-6-7-13-23(22)26(28)32)27(16-19)24(30)21-11-5-4-10-20(21)17-8-2-1-3-9-17/h1-13,18-19,29H,14-16H2. The quantitative estimate of drug-likeness (QED) is 0.650. The number of carbonyl (C=O) groups excluding carboxylic acids is 3. The third kappa shape index (κ3) is 3.39. The first-order valence-electron chi connectivity index (χ1n) is 10.6. The highest BCUT2D eigenvalue weighted by Gasteiger charge is 2.42. The minimum Gasteiger partial charge on any atom is -0.391 e. The van der Waals surface area contributed by atoms with E-state index in [1.807, 2.05) is 48.5 Å². The highest BCUT2D eigenvalue weighted by molar-refractivity contribution is 6.21. The van der Waals surface area contributed by atoms with Crippen LogP contribution >= 0.6 is 0 Å². The number of hydrogen-bond acceptors (Lipinski definition) is 4. The normalized spacial score (nSPS) is 20.0.